The second-order valence-corrected chi connectivity index (χ2v) is 8.91. The van der Waals surface area contributed by atoms with Gasteiger partial charge in [0.25, 0.3) is 0 Å². The van der Waals surface area contributed by atoms with Crippen LogP contribution in [0.25, 0.3) is 0 Å². The monoisotopic (exact) mass is 322 g/mol. The van der Waals surface area contributed by atoms with Crippen molar-refractivity contribution >= 4 is 0 Å². The van der Waals surface area contributed by atoms with Gasteiger partial charge in [-0.1, -0.05) is 26.0 Å². The van der Waals surface area contributed by atoms with Crippen molar-refractivity contribution < 1.29 is 18.9 Å². The van der Waals surface area contributed by atoms with Crippen LogP contribution >= 0.6 is 0 Å². The molecule has 0 amide bonds. The zero-order valence-electron chi connectivity index (χ0n) is 14.5. The van der Waals surface area contributed by atoms with Crippen molar-refractivity contribution in [2.24, 2.45) is 34.5 Å². The van der Waals surface area contributed by atoms with Crippen molar-refractivity contribution in [3.63, 3.8) is 0 Å². The standard InChI is InChI=1S/C19H30O4/c1-18(10-22-11-18)8-20-6-16-14-3-4-15(5-14)17(16)7-21-9-19(2)12-23-13-19/h3-4,14-17H,5-13H2,1-2H3. The van der Waals surface area contributed by atoms with Crippen molar-refractivity contribution in [3.05, 3.63) is 12.2 Å². The maximum absolute atomic E-state index is 6.10. The van der Waals surface area contributed by atoms with Gasteiger partial charge in [0.15, 0.2) is 0 Å². The van der Waals surface area contributed by atoms with E-state index in [1.165, 1.54) is 6.42 Å². The molecular formula is C19H30O4. The topological polar surface area (TPSA) is 36.9 Å². The first-order chi connectivity index (χ1) is 11.1. The summed E-state index contributed by atoms with van der Waals surface area (Å²) in [6.07, 6.45) is 6.11. The van der Waals surface area contributed by atoms with Gasteiger partial charge in [-0.15, -0.1) is 0 Å². The highest BCUT2D eigenvalue weighted by atomic mass is 16.5. The van der Waals surface area contributed by atoms with Gasteiger partial charge in [-0.25, -0.2) is 0 Å². The third kappa shape index (κ3) is 3.23. The van der Waals surface area contributed by atoms with E-state index in [2.05, 4.69) is 26.0 Å². The van der Waals surface area contributed by atoms with E-state index in [1.54, 1.807) is 0 Å². The summed E-state index contributed by atoms with van der Waals surface area (Å²) in [7, 11) is 0. The van der Waals surface area contributed by atoms with E-state index in [0.29, 0.717) is 23.7 Å². The molecule has 0 spiro atoms. The van der Waals surface area contributed by atoms with Crippen molar-refractivity contribution in [2.75, 3.05) is 52.9 Å². The maximum Gasteiger partial charge on any atom is 0.0564 e. The Balaban J connectivity index is 1.25. The molecule has 0 aromatic heterocycles. The number of ether oxygens (including phenoxy) is 4. The first-order valence-electron chi connectivity index (χ1n) is 9.06. The Morgan fingerprint density at radius 1 is 0.826 bits per heavy atom. The lowest BCUT2D eigenvalue weighted by atomic mass is 9.83. The van der Waals surface area contributed by atoms with Crippen LogP contribution in [0.5, 0.6) is 0 Å². The van der Waals surface area contributed by atoms with Crippen LogP contribution in [0, 0.1) is 34.5 Å². The lowest BCUT2D eigenvalue weighted by Crippen LogP contribution is -2.44. The van der Waals surface area contributed by atoms with Gasteiger partial charge in [-0.2, -0.15) is 0 Å². The molecule has 130 valence electrons. The summed E-state index contributed by atoms with van der Waals surface area (Å²) in [6.45, 7) is 11.3. The van der Waals surface area contributed by atoms with Gasteiger partial charge in [0, 0.05) is 10.8 Å². The van der Waals surface area contributed by atoms with E-state index >= 15 is 0 Å². The summed E-state index contributed by atoms with van der Waals surface area (Å²) in [5, 5.41) is 0. The lowest BCUT2D eigenvalue weighted by molar-refractivity contribution is -0.148. The summed E-state index contributed by atoms with van der Waals surface area (Å²) in [6, 6.07) is 0. The summed E-state index contributed by atoms with van der Waals surface area (Å²) in [5.74, 6) is 2.64. The Kier molecular flexibility index (Phi) is 4.29. The van der Waals surface area contributed by atoms with Crippen molar-refractivity contribution in [1.82, 2.24) is 0 Å². The molecule has 4 atom stereocenters. The second kappa shape index (κ2) is 6.14. The fraction of sp³-hybridized carbons (Fsp3) is 0.895. The number of hydrogen-bond donors (Lipinski definition) is 0. The number of fused-ring (bicyclic) bond motifs is 2. The van der Waals surface area contributed by atoms with E-state index < -0.39 is 0 Å². The molecule has 0 radical (unpaired) electrons. The average Bonchev–Trinajstić information content (AvgIpc) is 3.06. The van der Waals surface area contributed by atoms with Crippen LogP contribution in [0.2, 0.25) is 0 Å². The fourth-order valence-electron chi connectivity index (χ4n) is 4.47. The van der Waals surface area contributed by atoms with Gasteiger partial charge in [0.2, 0.25) is 0 Å². The molecule has 0 N–H and O–H groups in total. The van der Waals surface area contributed by atoms with Crippen LogP contribution < -0.4 is 0 Å². The third-order valence-corrected chi connectivity index (χ3v) is 6.12. The highest BCUT2D eigenvalue weighted by Crippen LogP contribution is 2.48. The van der Waals surface area contributed by atoms with Gasteiger partial charge in [-0.3, -0.25) is 0 Å². The predicted octanol–water partition coefficient (Wildman–Crippen LogP) is 2.53. The lowest BCUT2D eigenvalue weighted by Gasteiger charge is -2.39. The Labute approximate surface area is 139 Å². The van der Waals surface area contributed by atoms with E-state index in [0.717, 1.165) is 52.9 Å². The van der Waals surface area contributed by atoms with E-state index in [-0.39, 0.29) is 10.8 Å². The summed E-state index contributed by atoms with van der Waals surface area (Å²) in [4.78, 5) is 0. The van der Waals surface area contributed by atoms with Crippen molar-refractivity contribution in [3.8, 4) is 0 Å². The van der Waals surface area contributed by atoms with Crippen LogP contribution in [0.4, 0.5) is 0 Å². The molecule has 4 nitrogen and oxygen atoms in total. The smallest absolute Gasteiger partial charge is 0.0564 e. The molecule has 4 unspecified atom stereocenters. The van der Waals surface area contributed by atoms with E-state index in [4.69, 9.17) is 18.9 Å². The molecular weight excluding hydrogens is 292 g/mol. The first kappa shape index (κ1) is 16.1. The SMILES string of the molecule is CC1(COCC2C3C=CC(C3)C2COCC2(C)COC2)COC1. The summed E-state index contributed by atoms with van der Waals surface area (Å²) < 4.78 is 22.8. The zero-order chi connectivity index (χ0) is 15.9. The first-order valence-corrected chi connectivity index (χ1v) is 9.06. The Morgan fingerprint density at radius 2 is 1.26 bits per heavy atom. The molecule has 0 aromatic rings. The molecule has 3 fully saturated rings. The molecule has 2 bridgehead atoms. The Hall–Kier alpha value is -0.420. The second-order valence-electron chi connectivity index (χ2n) is 8.91. The molecule has 0 aromatic carbocycles. The maximum atomic E-state index is 6.10. The normalized spacial score (nSPS) is 39.2. The average molecular weight is 322 g/mol. The Bertz CT molecular complexity index is 412. The molecule has 2 aliphatic carbocycles. The van der Waals surface area contributed by atoms with Gasteiger partial charge in [-0.05, 0) is 30.1 Å². The van der Waals surface area contributed by atoms with Crippen LogP contribution in [-0.4, -0.2) is 52.9 Å². The molecule has 4 rings (SSSR count). The molecule has 2 saturated heterocycles. The minimum absolute atomic E-state index is 0.248. The molecule has 4 heteroatoms. The molecule has 2 aliphatic heterocycles. The number of allylic oxidation sites excluding steroid dienone is 2. The zero-order valence-corrected chi connectivity index (χ0v) is 14.5. The number of hydrogen-bond acceptors (Lipinski definition) is 4. The Morgan fingerprint density at radius 3 is 1.61 bits per heavy atom. The highest BCUT2D eigenvalue weighted by molar-refractivity contribution is 5.13. The molecule has 4 aliphatic rings. The highest BCUT2D eigenvalue weighted by Gasteiger charge is 2.45. The van der Waals surface area contributed by atoms with Gasteiger partial charge in [0.05, 0.1) is 52.9 Å². The largest absolute Gasteiger partial charge is 0.380 e. The third-order valence-electron chi connectivity index (χ3n) is 6.12. The van der Waals surface area contributed by atoms with E-state index in [9.17, 15) is 0 Å². The summed E-state index contributed by atoms with van der Waals surface area (Å²) >= 11 is 0. The summed E-state index contributed by atoms with van der Waals surface area (Å²) in [5.41, 5.74) is 0.497. The minimum atomic E-state index is 0.248. The van der Waals surface area contributed by atoms with Crippen LogP contribution in [0.3, 0.4) is 0 Å². The number of rotatable bonds is 8. The fourth-order valence-corrected chi connectivity index (χ4v) is 4.47. The predicted molar refractivity (Wildman–Crippen MR) is 87.2 cm³/mol. The minimum Gasteiger partial charge on any atom is -0.380 e. The van der Waals surface area contributed by atoms with Gasteiger partial charge in [0.1, 0.15) is 0 Å². The van der Waals surface area contributed by atoms with Gasteiger partial charge < -0.3 is 18.9 Å². The van der Waals surface area contributed by atoms with Gasteiger partial charge >= 0.3 is 0 Å². The molecule has 2 heterocycles. The van der Waals surface area contributed by atoms with E-state index in [1.807, 2.05) is 0 Å². The van der Waals surface area contributed by atoms with Crippen LogP contribution in [0.15, 0.2) is 12.2 Å². The van der Waals surface area contributed by atoms with Crippen LogP contribution in [0.1, 0.15) is 20.3 Å². The van der Waals surface area contributed by atoms with Crippen LogP contribution in [-0.2, 0) is 18.9 Å². The molecule has 23 heavy (non-hydrogen) atoms. The quantitative estimate of drug-likeness (QED) is 0.644. The molecule has 1 saturated carbocycles. The van der Waals surface area contributed by atoms with Crippen molar-refractivity contribution in [1.29, 1.82) is 0 Å². The van der Waals surface area contributed by atoms with Crippen molar-refractivity contribution in [2.45, 2.75) is 20.3 Å².